The first-order valence-electron chi connectivity index (χ1n) is 6.20. The van der Waals surface area contributed by atoms with Crippen LogP contribution in [0.3, 0.4) is 0 Å². The molecule has 0 aliphatic heterocycles. The second kappa shape index (κ2) is 6.69. The molecular formula is C14H11Cl3NO3-. The highest BCUT2D eigenvalue weighted by Crippen LogP contribution is 2.33. The molecule has 0 fully saturated rings. The molecule has 7 heteroatoms. The van der Waals surface area contributed by atoms with Crippen LogP contribution in [0, 0.1) is 11.8 Å². The molecule has 0 spiro atoms. The summed E-state index contributed by atoms with van der Waals surface area (Å²) in [4.78, 5) is 23.4. The molecule has 1 aliphatic carbocycles. The Morgan fingerprint density at radius 3 is 2.57 bits per heavy atom. The van der Waals surface area contributed by atoms with Crippen LogP contribution in [0.5, 0.6) is 0 Å². The van der Waals surface area contributed by atoms with Gasteiger partial charge in [0.2, 0.25) is 5.91 Å². The van der Waals surface area contributed by atoms with Gasteiger partial charge in [-0.2, -0.15) is 0 Å². The summed E-state index contributed by atoms with van der Waals surface area (Å²) in [6.45, 7) is 0. The predicted octanol–water partition coefficient (Wildman–Crippen LogP) is 2.83. The number of rotatable bonds is 3. The Labute approximate surface area is 136 Å². The number of carboxylic acids is 1. The minimum atomic E-state index is -1.27. The molecule has 1 aromatic carbocycles. The van der Waals surface area contributed by atoms with Crippen molar-refractivity contribution >= 4 is 52.4 Å². The summed E-state index contributed by atoms with van der Waals surface area (Å²) in [5, 5.41) is 14.9. The van der Waals surface area contributed by atoms with Crippen LogP contribution in [0.2, 0.25) is 10.0 Å². The fourth-order valence-electron chi connectivity index (χ4n) is 2.21. The van der Waals surface area contributed by atoms with Crippen LogP contribution in [-0.2, 0) is 9.59 Å². The number of amides is 1. The molecule has 0 bridgehead atoms. The van der Waals surface area contributed by atoms with Crippen LogP contribution in [0.1, 0.15) is 12.8 Å². The zero-order chi connectivity index (χ0) is 15.6. The molecule has 0 radical (unpaired) electrons. The number of allylic oxidation sites excluding steroid dienone is 2. The average Bonchev–Trinajstić information content (AvgIpc) is 2.42. The lowest BCUT2D eigenvalue weighted by Gasteiger charge is -2.29. The minimum Gasteiger partial charge on any atom is -0.550 e. The van der Waals surface area contributed by atoms with Gasteiger partial charge in [0, 0.05) is 21.9 Å². The molecule has 0 aromatic heterocycles. The molecule has 4 nitrogen and oxygen atoms in total. The van der Waals surface area contributed by atoms with Crippen molar-refractivity contribution in [2.45, 2.75) is 12.8 Å². The standard InChI is InChI=1S/C14H12Cl3NO3/c15-7-1-3-9(14(20)21)10(5-7)13(19)18-12-6-8(16)2-4-11(12)17/h1-2,4,6,9-10H,3,5H2,(H,18,19)(H,20,21)/p-1/t9-,10-/m1/s1. The fourth-order valence-corrected chi connectivity index (χ4v) is 2.80. The molecule has 0 saturated carbocycles. The van der Waals surface area contributed by atoms with E-state index in [1.54, 1.807) is 18.2 Å². The SMILES string of the molecule is O=C([O-])[C@@H]1CC=C(Cl)C[C@H]1C(=O)Nc1cc(Cl)ccc1Cl. The number of nitrogens with one attached hydrogen (secondary N) is 1. The maximum Gasteiger partial charge on any atom is 0.228 e. The molecule has 1 aliphatic rings. The van der Waals surface area contributed by atoms with Gasteiger partial charge in [0.05, 0.1) is 16.6 Å². The van der Waals surface area contributed by atoms with Crippen molar-refractivity contribution in [2.75, 3.05) is 5.32 Å². The summed E-state index contributed by atoms with van der Waals surface area (Å²) in [6, 6.07) is 4.63. The van der Waals surface area contributed by atoms with Crippen molar-refractivity contribution < 1.29 is 14.7 Å². The van der Waals surface area contributed by atoms with Crippen LogP contribution in [0.25, 0.3) is 0 Å². The zero-order valence-electron chi connectivity index (χ0n) is 10.7. The Kier molecular flexibility index (Phi) is 5.14. The van der Waals surface area contributed by atoms with E-state index in [4.69, 9.17) is 34.8 Å². The topological polar surface area (TPSA) is 69.2 Å². The normalized spacial score (nSPS) is 21.6. The summed E-state index contributed by atoms with van der Waals surface area (Å²) in [5.74, 6) is -3.46. The molecule has 0 heterocycles. The molecule has 2 rings (SSSR count). The van der Waals surface area contributed by atoms with Crippen molar-refractivity contribution in [3.8, 4) is 0 Å². The smallest absolute Gasteiger partial charge is 0.228 e. The van der Waals surface area contributed by atoms with E-state index in [1.165, 1.54) is 6.07 Å². The van der Waals surface area contributed by atoms with Crippen LogP contribution >= 0.6 is 34.8 Å². The minimum absolute atomic E-state index is 0.157. The summed E-state index contributed by atoms with van der Waals surface area (Å²) >= 11 is 17.7. The van der Waals surface area contributed by atoms with Gasteiger partial charge < -0.3 is 15.2 Å². The number of hydrogen-bond acceptors (Lipinski definition) is 3. The highest BCUT2D eigenvalue weighted by atomic mass is 35.5. The number of carbonyl (C=O) groups is 2. The van der Waals surface area contributed by atoms with Gasteiger partial charge in [0.1, 0.15) is 0 Å². The van der Waals surface area contributed by atoms with Crippen LogP contribution < -0.4 is 10.4 Å². The molecule has 0 unspecified atom stereocenters. The number of aliphatic carboxylic acids is 1. The van der Waals surface area contributed by atoms with E-state index in [2.05, 4.69) is 5.32 Å². The Bertz CT molecular complexity index is 615. The largest absolute Gasteiger partial charge is 0.550 e. The van der Waals surface area contributed by atoms with E-state index in [9.17, 15) is 14.7 Å². The number of hydrogen-bond donors (Lipinski definition) is 1. The molecule has 2 atom stereocenters. The van der Waals surface area contributed by atoms with Gasteiger partial charge >= 0.3 is 0 Å². The van der Waals surface area contributed by atoms with Gasteiger partial charge in [-0.15, -0.1) is 0 Å². The van der Waals surface area contributed by atoms with Gasteiger partial charge in [0.15, 0.2) is 0 Å². The molecule has 1 N–H and O–H groups in total. The van der Waals surface area contributed by atoms with E-state index in [1.807, 2.05) is 0 Å². The zero-order valence-corrected chi connectivity index (χ0v) is 13.0. The Hall–Kier alpha value is -1.23. The summed E-state index contributed by atoms with van der Waals surface area (Å²) in [5.41, 5.74) is 0.331. The van der Waals surface area contributed by atoms with E-state index < -0.39 is 23.7 Å². The van der Waals surface area contributed by atoms with Crippen molar-refractivity contribution in [3.63, 3.8) is 0 Å². The number of carbonyl (C=O) groups excluding carboxylic acids is 2. The van der Waals surface area contributed by atoms with Gasteiger partial charge in [-0.25, -0.2) is 0 Å². The van der Waals surface area contributed by atoms with Gasteiger partial charge in [-0.3, -0.25) is 4.79 Å². The van der Waals surface area contributed by atoms with Crippen molar-refractivity contribution in [3.05, 3.63) is 39.4 Å². The second-order valence-corrected chi connectivity index (χ2v) is 6.07. The van der Waals surface area contributed by atoms with Crippen LogP contribution in [0.4, 0.5) is 5.69 Å². The maximum absolute atomic E-state index is 12.3. The Balaban J connectivity index is 2.20. The van der Waals surface area contributed by atoms with Crippen molar-refractivity contribution in [1.82, 2.24) is 0 Å². The quantitative estimate of drug-likeness (QED) is 0.914. The average molecular weight is 348 g/mol. The summed E-state index contributed by atoms with van der Waals surface area (Å²) < 4.78 is 0. The molecule has 1 aromatic rings. The van der Waals surface area contributed by atoms with Gasteiger partial charge in [0.25, 0.3) is 0 Å². The predicted molar refractivity (Wildman–Crippen MR) is 80.2 cm³/mol. The third-order valence-electron chi connectivity index (χ3n) is 3.32. The molecular weight excluding hydrogens is 337 g/mol. The number of carboxylic acid groups (broad SMARTS) is 1. The molecule has 1 amide bonds. The van der Waals surface area contributed by atoms with Crippen molar-refractivity contribution in [1.29, 1.82) is 0 Å². The van der Waals surface area contributed by atoms with E-state index in [0.29, 0.717) is 20.8 Å². The summed E-state index contributed by atoms with van der Waals surface area (Å²) in [6.07, 6.45) is 1.92. The molecule has 21 heavy (non-hydrogen) atoms. The highest BCUT2D eigenvalue weighted by molar-refractivity contribution is 6.35. The third kappa shape index (κ3) is 3.90. The first kappa shape index (κ1) is 16.1. The van der Waals surface area contributed by atoms with E-state index >= 15 is 0 Å². The molecule has 112 valence electrons. The lowest BCUT2D eigenvalue weighted by atomic mass is 9.82. The first-order valence-corrected chi connectivity index (χ1v) is 7.33. The van der Waals surface area contributed by atoms with E-state index in [0.717, 1.165) is 0 Å². The lowest BCUT2D eigenvalue weighted by Crippen LogP contribution is -2.42. The van der Waals surface area contributed by atoms with Crippen LogP contribution in [-0.4, -0.2) is 11.9 Å². The van der Waals surface area contributed by atoms with Gasteiger partial charge in [-0.1, -0.05) is 40.9 Å². The number of anilines is 1. The highest BCUT2D eigenvalue weighted by Gasteiger charge is 2.32. The third-order valence-corrected chi connectivity index (χ3v) is 4.19. The number of halogens is 3. The fraction of sp³-hybridized carbons (Fsp3) is 0.286. The van der Waals surface area contributed by atoms with E-state index in [-0.39, 0.29) is 12.8 Å². The Morgan fingerprint density at radius 1 is 1.19 bits per heavy atom. The van der Waals surface area contributed by atoms with Gasteiger partial charge in [-0.05, 0) is 31.0 Å². The second-order valence-electron chi connectivity index (χ2n) is 4.74. The molecule has 0 saturated heterocycles. The number of benzene rings is 1. The Morgan fingerprint density at radius 2 is 1.90 bits per heavy atom. The van der Waals surface area contributed by atoms with Crippen molar-refractivity contribution in [2.24, 2.45) is 11.8 Å². The monoisotopic (exact) mass is 346 g/mol. The summed E-state index contributed by atoms with van der Waals surface area (Å²) in [7, 11) is 0. The lowest BCUT2D eigenvalue weighted by molar-refractivity contribution is -0.313. The first-order chi connectivity index (χ1) is 9.88. The maximum atomic E-state index is 12.3. The van der Waals surface area contributed by atoms with Crippen LogP contribution in [0.15, 0.2) is 29.3 Å².